The van der Waals surface area contributed by atoms with Gasteiger partial charge in [-0.25, -0.2) is 9.78 Å². The van der Waals surface area contributed by atoms with Crippen LogP contribution in [0.5, 0.6) is 0 Å². The minimum atomic E-state index is -0.175. The summed E-state index contributed by atoms with van der Waals surface area (Å²) in [6, 6.07) is 7.43. The Bertz CT molecular complexity index is 779. The number of pyridine rings is 1. The molecule has 1 aromatic heterocycles. The van der Waals surface area contributed by atoms with Crippen LogP contribution in [0.3, 0.4) is 0 Å². The minimum Gasteiger partial charge on any atom is -0.306 e. The second-order valence-corrected chi connectivity index (χ2v) is 7.14. The first-order valence-electron chi connectivity index (χ1n) is 7.41. The molecule has 1 aromatic carbocycles. The van der Waals surface area contributed by atoms with Gasteiger partial charge in [-0.3, -0.25) is 4.90 Å². The van der Waals surface area contributed by atoms with Gasteiger partial charge in [-0.15, -0.1) is 11.8 Å². The van der Waals surface area contributed by atoms with Gasteiger partial charge in [0.15, 0.2) is 0 Å². The van der Waals surface area contributed by atoms with Gasteiger partial charge in [-0.05, 0) is 50.1 Å². The quantitative estimate of drug-likeness (QED) is 0.805. The van der Waals surface area contributed by atoms with Gasteiger partial charge in [0, 0.05) is 18.0 Å². The lowest BCUT2D eigenvalue weighted by Crippen LogP contribution is -2.39. The van der Waals surface area contributed by atoms with Gasteiger partial charge in [-0.2, -0.15) is 0 Å². The van der Waals surface area contributed by atoms with E-state index in [-0.39, 0.29) is 6.03 Å². The van der Waals surface area contributed by atoms with Crippen molar-refractivity contribution in [3.8, 4) is 0 Å². The normalized spacial score (nSPS) is 13.7. The van der Waals surface area contributed by atoms with Gasteiger partial charge in [0.1, 0.15) is 5.03 Å². The molecule has 2 amide bonds. The van der Waals surface area contributed by atoms with Crippen LogP contribution in [-0.4, -0.2) is 23.3 Å². The molecule has 0 saturated carbocycles. The van der Waals surface area contributed by atoms with Gasteiger partial charge < -0.3 is 5.32 Å². The third-order valence-electron chi connectivity index (χ3n) is 3.71. The standard InChI is InChI=1S/C17H18ClN3OS/c1-10-4-5-14(13(18)8-10)20-17(22)21-6-7-23-16-15(21)11(2)9-12(3)19-16/h4-5,8-9H,6-7H2,1-3H3,(H,20,22). The Kier molecular flexibility index (Phi) is 4.50. The number of benzene rings is 1. The summed E-state index contributed by atoms with van der Waals surface area (Å²) in [6.07, 6.45) is 0. The van der Waals surface area contributed by atoms with E-state index in [1.54, 1.807) is 16.7 Å². The number of hydrogen-bond acceptors (Lipinski definition) is 3. The topological polar surface area (TPSA) is 45.2 Å². The number of carbonyl (C=O) groups is 1. The predicted molar refractivity (Wildman–Crippen MR) is 97.0 cm³/mol. The van der Waals surface area contributed by atoms with Crippen molar-refractivity contribution in [2.24, 2.45) is 0 Å². The van der Waals surface area contributed by atoms with Crippen molar-refractivity contribution >= 4 is 40.8 Å². The Morgan fingerprint density at radius 1 is 1.30 bits per heavy atom. The zero-order chi connectivity index (χ0) is 16.6. The van der Waals surface area contributed by atoms with E-state index >= 15 is 0 Å². The van der Waals surface area contributed by atoms with E-state index < -0.39 is 0 Å². The number of thioether (sulfide) groups is 1. The molecule has 120 valence electrons. The predicted octanol–water partition coefficient (Wildman–Crippen LogP) is 4.80. The van der Waals surface area contributed by atoms with Crippen LogP contribution < -0.4 is 10.2 Å². The maximum atomic E-state index is 12.7. The number of fused-ring (bicyclic) bond motifs is 1. The Labute approximate surface area is 145 Å². The summed E-state index contributed by atoms with van der Waals surface area (Å²) in [5.74, 6) is 0.831. The molecule has 2 aromatic rings. The molecule has 0 aliphatic carbocycles. The number of amides is 2. The fourth-order valence-electron chi connectivity index (χ4n) is 2.68. The maximum absolute atomic E-state index is 12.7. The number of rotatable bonds is 1. The lowest BCUT2D eigenvalue weighted by molar-refractivity contribution is 0.257. The number of nitrogens with zero attached hydrogens (tertiary/aromatic N) is 2. The van der Waals surface area contributed by atoms with E-state index in [2.05, 4.69) is 10.3 Å². The number of aromatic nitrogens is 1. The number of nitrogens with one attached hydrogen (secondary N) is 1. The fraction of sp³-hybridized carbons (Fsp3) is 0.294. The Morgan fingerprint density at radius 2 is 2.09 bits per heavy atom. The second-order valence-electron chi connectivity index (χ2n) is 5.65. The van der Waals surface area contributed by atoms with E-state index in [4.69, 9.17) is 11.6 Å². The van der Waals surface area contributed by atoms with E-state index in [1.165, 1.54) is 0 Å². The van der Waals surface area contributed by atoms with Crippen LogP contribution in [0.4, 0.5) is 16.2 Å². The monoisotopic (exact) mass is 347 g/mol. The third-order valence-corrected chi connectivity index (χ3v) is 4.97. The molecule has 4 nitrogen and oxygen atoms in total. The second kappa shape index (κ2) is 6.42. The van der Waals surface area contributed by atoms with Gasteiger partial charge in [0.25, 0.3) is 0 Å². The Balaban J connectivity index is 1.90. The summed E-state index contributed by atoms with van der Waals surface area (Å²) in [5, 5.41) is 4.37. The number of aryl methyl sites for hydroxylation is 3. The van der Waals surface area contributed by atoms with Crippen LogP contribution in [0.25, 0.3) is 0 Å². The molecular weight excluding hydrogens is 330 g/mol. The van der Waals surface area contributed by atoms with Crippen LogP contribution in [0, 0.1) is 20.8 Å². The van der Waals surface area contributed by atoms with E-state index in [1.807, 2.05) is 45.0 Å². The number of urea groups is 1. The molecule has 23 heavy (non-hydrogen) atoms. The molecule has 0 spiro atoms. The summed E-state index contributed by atoms with van der Waals surface area (Å²) in [6.45, 7) is 6.60. The first-order valence-corrected chi connectivity index (χ1v) is 8.78. The van der Waals surface area contributed by atoms with Crippen molar-refractivity contribution in [1.82, 2.24) is 4.98 Å². The molecule has 0 fully saturated rings. The highest BCUT2D eigenvalue weighted by molar-refractivity contribution is 7.99. The number of halogens is 1. The average Bonchev–Trinajstić information content (AvgIpc) is 2.49. The third kappa shape index (κ3) is 3.31. The maximum Gasteiger partial charge on any atom is 0.326 e. The van der Waals surface area contributed by atoms with Crippen molar-refractivity contribution < 1.29 is 4.79 Å². The molecule has 0 unspecified atom stereocenters. The van der Waals surface area contributed by atoms with E-state index in [0.29, 0.717) is 17.3 Å². The SMILES string of the molecule is Cc1ccc(NC(=O)N2CCSc3nc(C)cc(C)c32)c(Cl)c1. The van der Waals surface area contributed by atoms with Gasteiger partial charge in [0.05, 0.1) is 16.4 Å². The highest BCUT2D eigenvalue weighted by atomic mass is 35.5. The van der Waals surface area contributed by atoms with Crippen molar-refractivity contribution in [2.45, 2.75) is 25.8 Å². The van der Waals surface area contributed by atoms with Crippen LogP contribution in [0.1, 0.15) is 16.8 Å². The summed E-state index contributed by atoms with van der Waals surface area (Å²) in [5.41, 5.74) is 4.61. The van der Waals surface area contributed by atoms with E-state index in [9.17, 15) is 4.79 Å². The molecule has 3 rings (SSSR count). The van der Waals surface area contributed by atoms with Crippen LogP contribution in [0.15, 0.2) is 29.3 Å². The van der Waals surface area contributed by atoms with E-state index in [0.717, 1.165) is 33.3 Å². The molecule has 0 atom stereocenters. The molecule has 1 aliphatic rings. The van der Waals surface area contributed by atoms with Gasteiger partial charge in [-0.1, -0.05) is 17.7 Å². The zero-order valence-corrected chi connectivity index (χ0v) is 14.9. The summed E-state index contributed by atoms with van der Waals surface area (Å²) >= 11 is 7.91. The molecule has 1 aliphatic heterocycles. The van der Waals surface area contributed by atoms with Gasteiger partial charge >= 0.3 is 6.03 Å². The molecule has 0 radical (unpaired) electrons. The highest BCUT2D eigenvalue weighted by Crippen LogP contribution is 2.36. The first kappa shape index (κ1) is 16.1. The van der Waals surface area contributed by atoms with Crippen molar-refractivity contribution in [3.63, 3.8) is 0 Å². The van der Waals surface area contributed by atoms with Crippen LogP contribution in [-0.2, 0) is 0 Å². The Hall–Kier alpha value is -1.72. The first-order chi connectivity index (χ1) is 11.0. The number of hydrogen-bond donors (Lipinski definition) is 1. The summed E-state index contributed by atoms with van der Waals surface area (Å²) in [4.78, 5) is 19.0. The smallest absolute Gasteiger partial charge is 0.306 e. The largest absolute Gasteiger partial charge is 0.326 e. The zero-order valence-electron chi connectivity index (χ0n) is 13.3. The Morgan fingerprint density at radius 3 is 2.83 bits per heavy atom. The molecule has 0 saturated heterocycles. The molecular formula is C17H18ClN3OS. The summed E-state index contributed by atoms with van der Waals surface area (Å²) < 4.78 is 0. The number of carbonyl (C=O) groups excluding carboxylic acids is 1. The lowest BCUT2D eigenvalue weighted by Gasteiger charge is -2.30. The van der Waals surface area contributed by atoms with Crippen LogP contribution >= 0.6 is 23.4 Å². The fourth-order valence-corrected chi connectivity index (χ4v) is 4.04. The molecule has 1 N–H and O–H groups in total. The lowest BCUT2D eigenvalue weighted by atomic mass is 10.2. The molecule has 6 heteroatoms. The van der Waals surface area contributed by atoms with Crippen molar-refractivity contribution in [3.05, 3.63) is 46.1 Å². The summed E-state index contributed by atoms with van der Waals surface area (Å²) in [7, 11) is 0. The molecule has 2 heterocycles. The highest BCUT2D eigenvalue weighted by Gasteiger charge is 2.26. The van der Waals surface area contributed by atoms with Crippen LogP contribution in [0.2, 0.25) is 5.02 Å². The van der Waals surface area contributed by atoms with Crippen molar-refractivity contribution in [2.75, 3.05) is 22.5 Å². The van der Waals surface area contributed by atoms with Gasteiger partial charge in [0.2, 0.25) is 0 Å². The van der Waals surface area contributed by atoms with Crippen molar-refractivity contribution in [1.29, 1.82) is 0 Å². The molecule has 0 bridgehead atoms. The minimum absolute atomic E-state index is 0.175. The number of anilines is 2. The average molecular weight is 348 g/mol.